The van der Waals surface area contributed by atoms with Crippen LogP contribution in [0.5, 0.6) is 0 Å². The molecule has 0 aliphatic heterocycles. The number of hydrogen-bond acceptors (Lipinski definition) is 1. The van der Waals surface area contributed by atoms with Crippen LogP contribution in [0, 0.1) is 6.92 Å². The summed E-state index contributed by atoms with van der Waals surface area (Å²) in [6.45, 7) is 11.6. The lowest BCUT2D eigenvalue weighted by Gasteiger charge is -2.24. The minimum atomic E-state index is -2.12. The van der Waals surface area contributed by atoms with E-state index in [4.69, 9.17) is 4.98 Å². The van der Waals surface area contributed by atoms with Gasteiger partial charge < -0.3 is 0 Å². The predicted molar refractivity (Wildman–Crippen MR) is 199 cm³/mol. The number of pyridine rings is 1. The number of rotatable bonds is 6. The minimum Gasteiger partial charge on any atom is -0.294 e. The van der Waals surface area contributed by atoms with Crippen LogP contribution in [0.4, 0.5) is 0 Å². The van der Waals surface area contributed by atoms with E-state index < -0.39 is 8.07 Å². The van der Waals surface area contributed by atoms with Gasteiger partial charge in [-0.05, 0) is 86.0 Å². The zero-order valence-electron chi connectivity index (χ0n) is 27.6. The lowest BCUT2D eigenvalue weighted by atomic mass is 10.0. The average molecular weight is 628 g/mol. The van der Waals surface area contributed by atoms with Crippen molar-refractivity contribution in [3.8, 4) is 22.6 Å². The molecule has 0 aliphatic rings. The van der Waals surface area contributed by atoms with Gasteiger partial charge in [0.2, 0.25) is 6.33 Å². The maximum Gasteiger partial charge on any atom is 0.250 e. The average Bonchev–Trinajstić information content (AvgIpc) is 3.65. The number of imidazole rings is 1. The quantitative estimate of drug-likeness (QED) is 0.134. The van der Waals surface area contributed by atoms with Crippen LogP contribution in [0.3, 0.4) is 0 Å². The number of benzene rings is 5. The highest BCUT2D eigenvalue weighted by molar-refractivity contribution is 7.00. The molecule has 0 atom stereocenters. The molecule has 230 valence electrons. The molecule has 0 unspecified atom stereocenters. The molecule has 0 spiro atoms. The van der Waals surface area contributed by atoms with Gasteiger partial charge in [0.05, 0.1) is 17.1 Å². The number of fused-ring (bicyclic) bond motifs is 4. The number of hydrogen-bond donors (Lipinski definition) is 0. The SMILES string of the molecule is Cc1ccccc1-c1ccnc(-n2c3ccccc3c3ccc([Si](C)(C)c4cccc(-n5c[n+](C(C)C)c6ccccc65)c4)cc32)c1. The Balaban J connectivity index is 1.27. The predicted octanol–water partition coefficient (Wildman–Crippen LogP) is 8.79. The Kier molecular flexibility index (Phi) is 6.96. The van der Waals surface area contributed by atoms with E-state index in [1.165, 1.54) is 65.6 Å². The Labute approximate surface area is 277 Å². The fourth-order valence-electron chi connectivity index (χ4n) is 7.17. The molecule has 8 aromatic rings. The van der Waals surface area contributed by atoms with Gasteiger partial charge in [0.1, 0.15) is 19.6 Å². The van der Waals surface area contributed by atoms with E-state index in [-0.39, 0.29) is 0 Å². The van der Waals surface area contributed by atoms with Crippen molar-refractivity contribution in [1.82, 2.24) is 14.1 Å². The molecule has 0 amide bonds. The molecule has 5 heteroatoms. The number of para-hydroxylation sites is 3. The number of aryl methyl sites for hydroxylation is 1. The van der Waals surface area contributed by atoms with Crippen LogP contribution < -0.4 is 14.9 Å². The first-order valence-corrected chi connectivity index (χ1v) is 19.5. The van der Waals surface area contributed by atoms with Crippen molar-refractivity contribution >= 4 is 51.3 Å². The van der Waals surface area contributed by atoms with Gasteiger partial charge in [-0.1, -0.05) is 102 Å². The summed E-state index contributed by atoms with van der Waals surface area (Å²) in [5.41, 5.74) is 9.73. The Morgan fingerprint density at radius 2 is 1.38 bits per heavy atom. The molecule has 4 nitrogen and oxygen atoms in total. The van der Waals surface area contributed by atoms with E-state index in [0.717, 1.165) is 5.82 Å². The Morgan fingerprint density at radius 1 is 0.660 bits per heavy atom. The van der Waals surface area contributed by atoms with Gasteiger partial charge in [-0.25, -0.2) is 9.55 Å². The van der Waals surface area contributed by atoms with Gasteiger partial charge in [-0.2, -0.15) is 4.57 Å². The summed E-state index contributed by atoms with van der Waals surface area (Å²) >= 11 is 0. The van der Waals surface area contributed by atoms with E-state index in [2.05, 4.69) is 181 Å². The van der Waals surface area contributed by atoms with E-state index in [1.807, 2.05) is 6.20 Å². The molecule has 0 saturated heterocycles. The van der Waals surface area contributed by atoms with E-state index in [0.29, 0.717) is 6.04 Å². The summed E-state index contributed by atoms with van der Waals surface area (Å²) in [4.78, 5) is 4.94. The van der Waals surface area contributed by atoms with Gasteiger partial charge in [0.15, 0.2) is 11.0 Å². The van der Waals surface area contributed by atoms with Crippen LogP contribution in [0.1, 0.15) is 25.5 Å². The molecule has 0 N–H and O–H groups in total. The van der Waals surface area contributed by atoms with Crippen molar-refractivity contribution in [2.75, 3.05) is 0 Å². The normalized spacial score (nSPS) is 12.1. The van der Waals surface area contributed by atoms with Crippen molar-refractivity contribution in [2.45, 2.75) is 39.9 Å². The minimum absolute atomic E-state index is 0.375. The Hall–Kier alpha value is -5.26. The summed E-state index contributed by atoms with van der Waals surface area (Å²) in [7, 11) is -2.12. The summed E-state index contributed by atoms with van der Waals surface area (Å²) in [6, 6.07) is 47.0. The molecule has 0 aliphatic carbocycles. The zero-order chi connectivity index (χ0) is 32.3. The van der Waals surface area contributed by atoms with Crippen molar-refractivity contribution in [3.05, 3.63) is 145 Å². The summed E-state index contributed by atoms with van der Waals surface area (Å²) in [6.07, 6.45) is 4.20. The highest BCUT2D eigenvalue weighted by atomic mass is 28.3. The second kappa shape index (κ2) is 11.2. The monoisotopic (exact) mass is 627 g/mol. The fraction of sp³-hybridized carbons (Fsp3) is 0.143. The topological polar surface area (TPSA) is 26.6 Å². The molecule has 0 saturated carbocycles. The zero-order valence-corrected chi connectivity index (χ0v) is 28.6. The highest BCUT2D eigenvalue weighted by Crippen LogP contribution is 2.33. The summed E-state index contributed by atoms with van der Waals surface area (Å²) < 4.78 is 7.06. The molecule has 0 radical (unpaired) electrons. The van der Waals surface area contributed by atoms with Crippen molar-refractivity contribution < 1.29 is 4.57 Å². The van der Waals surface area contributed by atoms with Gasteiger partial charge in [0, 0.05) is 17.0 Å². The molecule has 0 fully saturated rings. The molecule has 5 aromatic carbocycles. The molecular formula is C42H39N4Si+. The highest BCUT2D eigenvalue weighted by Gasteiger charge is 2.29. The third-order valence-electron chi connectivity index (χ3n) is 9.89. The van der Waals surface area contributed by atoms with Gasteiger partial charge in [-0.15, -0.1) is 0 Å². The summed E-state index contributed by atoms with van der Waals surface area (Å²) in [5.74, 6) is 0.938. The third-order valence-corrected chi connectivity index (χ3v) is 13.4. The maximum atomic E-state index is 4.94. The maximum absolute atomic E-state index is 4.94. The first-order valence-electron chi connectivity index (χ1n) is 16.5. The van der Waals surface area contributed by atoms with Gasteiger partial charge in [-0.3, -0.25) is 4.57 Å². The Morgan fingerprint density at radius 3 is 2.21 bits per heavy atom. The molecule has 8 rings (SSSR count). The third kappa shape index (κ3) is 4.81. The van der Waals surface area contributed by atoms with Crippen LogP contribution in [0.25, 0.3) is 55.5 Å². The molecular weight excluding hydrogens is 589 g/mol. The van der Waals surface area contributed by atoms with E-state index in [9.17, 15) is 0 Å². The van der Waals surface area contributed by atoms with Gasteiger partial charge >= 0.3 is 0 Å². The molecule has 3 aromatic heterocycles. The van der Waals surface area contributed by atoms with Crippen LogP contribution in [-0.4, -0.2) is 22.2 Å². The smallest absolute Gasteiger partial charge is 0.250 e. The lowest BCUT2D eigenvalue weighted by Crippen LogP contribution is -2.52. The fourth-order valence-corrected chi connectivity index (χ4v) is 9.53. The van der Waals surface area contributed by atoms with E-state index >= 15 is 0 Å². The largest absolute Gasteiger partial charge is 0.294 e. The lowest BCUT2D eigenvalue weighted by molar-refractivity contribution is -0.691. The van der Waals surface area contributed by atoms with E-state index in [1.54, 1.807) is 0 Å². The first-order chi connectivity index (χ1) is 22.8. The first kappa shape index (κ1) is 29.2. The number of aromatic nitrogens is 4. The second-order valence-electron chi connectivity index (χ2n) is 13.5. The van der Waals surface area contributed by atoms with Crippen molar-refractivity contribution in [3.63, 3.8) is 0 Å². The summed E-state index contributed by atoms with van der Waals surface area (Å²) in [5, 5.41) is 5.31. The van der Waals surface area contributed by atoms with Crippen molar-refractivity contribution in [1.29, 1.82) is 0 Å². The van der Waals surface area contributed by atoms with Gasteiger partial charge in [0.25, 0.3) is 0 Å². The standard InChI is InChI=1S/C42H39N4Si/c1-29(2)44-28-45(40-20-11-10-19-39(40)44)32-14-12-15-33(26-32)47(4,5)34-21-22-37-36-17-8-9-18-38(36)46(41(37)27-34)42-25-31(23-24-43-42)35-16-7-6-13-30(35)3/h6-29H,1-5H3/q+1. The van der Waals surface area contributed by atoms with Crippen LogP contribution in [0.2, 0.25) is 13.1 Å². The van der Waals surface area contributed by atoms with Crippen molar-refractivity contribution in [2.24, 2.45) is 0 Å². The number of nitrogens with zero attached hydrogens (tertiary/aromatic N) is 4. The molecule has 3 heterocycles. The molecule has 47 heavy (non-hydrogen) atoms. The molecule has 0 bridgehead atoms. The second-order valence-corrected chi connectivity index (χ2v) is 17.9. The Bertz CT molecular complexity index is 2450. The van der Waals surface area contributed by atoms with Crippen LogP contribution in [-0.2, 0) is 0 Å². The van der Waals surface area contributed by atoms with Crippen LogP contribution >= 0.6 is 0 Å². The van der Waals surface area contributed by atoms with Crippen LogP contribution in [0.15, 0.2) is 140 Å².